The smallest absolute Gasteiger partial charge is 0.0924 e. The molecule has 0 aliphatic heterocycles. The first-order valence-electron chi connectivity index (χ1n) is 7.02. The highest BCUT2D eigenvalue weighted by molar-refractivity contribution is 5.58. The Kier molecular flexibility index (Phi) is 4.57. The highest BCUT2D eigenvalue weighted by Gasteiger charge is 2.18. The van der Waals surface area contributed by atoms with Crippen molar-refractivity contribution in [3.8, 4) is 11.3 Å². The van der Waals surface area contributed by atoms with Crippen molar-refractivity contribution in [1.82, 2.24) is 15.1 Å². The largest absolute Gasteiger partial charge is 0.389 e. The summed E-state index contributed by atoms with van der Waals surface area (Å²) in [4.78, 5) is 2.20. The molecule has 0 aliphatic rings. The van der Waals surface area contributed by atoms with E-state index in [4.69, 9.17) is 0 Å². The number of nitrogens with zero attached hydrogens (tertiary/aromatic N) is 2. The summed E-state index contributed by atoms with van der Waals surface area (Å²) >= 11 is 0. The van der Waals surface area contributed by atoms with E-state index in [2.05, 4.69) is 28.1 Å². The maximum absolute atomic E-state index is 9.91. The van der Waals surface area contributed by atoms with Crippen LogP contribution in [0.4, 0.5) is 0 Å². The van der Waals surface area contributed by atoms with Crippen molar-refractivity contribution < 1.29 is 5.11 Å². The number of likely N-dealkylation sites (N-methyl/N-ethyl adjacent to an activating group) is 1. The van der Waals surface area contributed by atoms with Crippen molar-refractivity contribution >= 4 is 0 Å². The van der Waals surface area contributed by atoms with Gasteiger partial charge in [0.15, 0.2) is 0 Å². The third-order valence-electron chi connectivity index (χ3n) is 3.15. The molecule has 0 spiro atoms. The minimum atomic E-state index is -0.682. The van der Waals surface area contributed by atoms with E-state index in [-0.39, 0.29) is 0 Å². The first-order valence-corrected chi connectivity index (χ1v) is 7.02. The number of hydrogen-bond acceptors (Lipinski definition) is 3. The molecule has 20 heavy (non-hydrogen) atoms. The van der Waals surface area contributed by atoms with Crippen molar-refractivity contribution in [2.45, 2.75) is 32.9 Å². The van der Waals surface area contributed by atoms with Crippen LogP contribution < -0.4 is 0 Å². The van der Waals surface area contributed by atoms with Gasteiger partial charge in [0, 0.05) is 24.3 Å². The summed E-state index contributed by atoms with van der Waals surface area (Å²) in [6, 6.07) is 12.2. The third-order valence-corrected chi connectivity index (χ3v) is 3.15. The van der Waals surface area contributed by atoms with Gasteiger partial charge in [-0.2, -0.15) is 5.10 Å². The number of nitrogens with one attached hydrogen (secondary N) is 1. The molecule has 0 saturated carbocycles. The number of aliphatic hydroxyl groups is 1. The molecule has 0 bridgehead atoms. The van der Waals surface area contributed by atoms with Crippen LogP contribution in [0.25, 0.3) is 11.3 Å². The molecule has 1 heterocycles. The normalized spacial score (nSPS) is 12.1. The lowest BCUT2D eigenvalue weighted by molar-refractivity contribution is 0.0350. The lowest BCUT2D eigenvalue weighted by atomic mass is 10.1. The molecule has 2 rings (SSSR count). The minimum Gasteiger partial charge on any atom is -0.389 e. The van der Waals surface area contributed by atoms with Gasteiger partial charge >= 0.3 is 0 Å². The Hall–Kier alpha value is -1.65. The van der Waals surface area contributed by atoms with Gasteiger partial charge in [0.05, 0.1) is 11.3 Å². The van der Waals surface area contributed by atoms with Crippen LogP contribution in [-0.2, 0) is 6.54 Å². The molecule has 4 nitrogen and oxygen atoms in total. The van der Waals surface area contributed by atoms with Crippen LogP contribution in [0.2, 0.25) is 0 Å². The van der Waals surface area contributed by atoms with Crippen LogP contribution in [0.3, 0.4) is 0 Å². The molecule has 1 aromatic heterocycles. The van der Waals surface area contributed by atoms with Gasteiger partial charge in [0.25, 0.3) is 0 Å². The first-order chi connectivity index (χ1) is 9.48. The van der Waals surface area contributed by atoms with E-state index in [1.165, 1.54) is 0 Å². The Morgan fingerprint density at radius 1 is 1.25 bits per heavy atom. The number of hydrogen-bond donors (Lipinski definition) is 2. The lowest BCUT2D eigenvalue weighted by Crippen LogP contribution is -2.38. The number of aromatic nitrogens is 2. The molecule has 108 valence electrons. The molecule has 1 aromatic carbocycles. The van der Waals surface area contributed by atoms with Crippen LogP contribution in [-0.4, -0.2) is 38.9 Å². The lowest BCUT2D eigenvalue weighted by Gasteiger charge is -2.27. The van der Waals surface area contributed by atoms with Gasteiger partial charge in [-0.1, -0.05) is 37.3 Å². The van der Waals surface area contributed by atoms with Crippen molar-refractivity contribution in [3.05, 3.63) is 42.1 Å². The summed E-state index contributed by atoms with van der Waals surface area (Å²) in [5.41, 5.74) is 2.45. The Balaban J connectivity index is 2.05. The van der Waals surface area contributed by atoms with Crippen molar-refractivity contribution in [3.63, 3.8) is 0 Å². The summed E-state index contributed by atoms with van der Waals surface area (Å²) in [5.74, 6) is 0. The van der Waals surface area contributed by atoms with Crippen LogP contribution in [0.15, 0.2) is 36.4 Å². The Labute approximate surface area is 120 Å². The van der Waals surface area contributed by atoms with Gasteiger partial charge in [-0.3, -0.25) is 10.00 Å². The molecule has 4 heteroatoms. The predicted octanol–water partition coefficient (Wildman–Crippen LogP) is 2.67. The van der Waals surface area contributed by atoms with E-state index in [1.807, 2.05) is 44.2 Å². The number of rotatable bonds is 6. The zero-order valence-electron chi connectivity index (χ0n) is 12.4. The van der Waals surface area contributed by atoms with Crippen LogP contribution >= 0.6 is 0 Å². The van der Waals surface area contributed by atoms with Gasteiger partial charge in [-0.25, -0.2) is 0 Å². The van der Waals surface area contributed by atoms with Gasteiger partial charge < -0.3 is 5.11 Å². The Bertz CT molecular complexity index is 528. The molecule has 0 aliphatic carbocycles. The fourth-order valence-corrected chi connectivity index (χ4v) is 2.27. The van der Waals surface area contributed by atoms with E-state index in [1.54, 1.807) is 0 Å². The number of aromatic amines is 1. The quantitative estimate of drug-likeness (QED) is 0.850. The molecule has 0 amide bonds. The second-order valence-electron chi connectivity index (χ2n) is 5.76. The Morgan fingerprint density at radius 2 is 1.95 bits per heavy atom. The van der Waals surface area contributed by atoms with Crippen LogP contribution in [0.5, 0.6) is 0 Å². The average molecular weight is 273 g/mol. The molecule has 0 atom stereocenters. The van der Waals surface area contributed by atoms with E-state index in [9.17, 15) is 5.11 Å². The van der Waals surface area contributed by atoms with Crippen molar-refractivity contribution in [2.24, 2.45) is 0 Å². The van der Waals surface area contributed by atoms with E-state index in [0.717, 1.165) is 30.0 Å². The number of benzene rings is 1. The standard InChI is InChI=1S/C16H23N3O/c1-4-19(12-16(2,3)20)11-14-10-15(18-17-14)13-8-6-5-7-9-13/h5-10,20H,4,11-12H2,1-3H3,(H,17,18). The first kappa shape index (κ1) is 14.8. The SMILES string of the molecule is CCN(Cc1cc(-c2ccccc2)n[nH]1)CC(C)(C)O. The molecule has 0 radical (unpaired) electrons. The molecule has 0 fully saturated rings. The Morgan fingerprint density at radius 3 is 2.55 bits per heavy atom. The van der Waals surface area contributed by atoms with E-state index in [0.29, 0.717) is 6.54 Å². The summed E-state index contributed by atoms with van der Waals surface area (Å²) in [7, 11) is 0. The fourth-order valence-electron chi connectivity index (χ4n) is 2.27. The topological polar surface area (TPSA) is 52.2 Å². The van der Waals surface area contributed by atoms with Crippen LogP contribution in [0.1, 0.15) is 26.5 Å². The number of H-pyrrole nitrogens is 1. The van der Waals surface area contributed by atoms with Gasteiger partial charge in [0.2, 0.25) is 0 Å². The second-order valence-corrected chi connectivity index (χ2v) is 5.76. The predicted molar refractivity (Wildman–Crippen MR) is 81.3 cm³/mol. The monoisotopic (exact) mass is 273 g/mol. The molecule has 0 saturated heterocycles. The maximum atomic E-state index is 9.91. The molecular weight excluding hydrogens is 250 g/mol. The summed E-state index contributed by atoms with van der Waals surface area (Å²) in [5, 5.41) is 17.4. The van der Waals surface area contributed by atoms with Gasteiger partial charge in [-0.15, -0.1) is 0 Å². The van der Waals surface area contributed by atoms with Gasteiger partial charge in [0.1, 0.15) is 0 Å². The zero-order valence-corrected chi connectivity index (χ0v) is 12.4. The highest BCUT2D eigenvalue weighted by Crippen LogP contribution is 2.18. The summed E-state index contributed by atoms with van der Waals surface area (Å²) in [6.45, 7) is 8.06. The second kappa shape index (κ2) is 6.20. The van der Waals surface area contributed by atoms with Crippen LogP contribution in [0, 0.1) is 0 Å². The summed E-state index contributed by atoms with van der Waals surface area (Å²) < 4.78 is 0. The highest BCUT2D eigenvalue weighted by atomic mass is 16.3. The molecule has 0 unspecified atom stereocenters. The average Bonchev–Trinajstić information content (AvgIpc) is 2.86. The minimum absolute atomic E-state index is 0.642. The summed E-state index contributed by atoms with van der Waals surface area (Å²) in [6.07, 6.45) is 0. The molecular formula is C16H23N3O. The van der Waals surface area contributed by atoms with Crippen molar-refractivity contribution in [2.75, 3.05) is 13.1 Å². The third kappa shape index (κ3) is 4.18. The fraction of sp³-hybridized carbons (Fsp3) is 0.438. The van der Waals surface area contributed by atoms with E-state index >= 15 is 0 Å². The van der Waals surface area contributed by atoms with Crippen molar-refractivity contribution in [1.29, 1.82) is 0 Å². The van der Waals surface area contributed by atoms with Gasteiger partial charge in [-0.05, 0) is 26.5 Å². The zero-order chi connectivity index (χ0) is 14.6. The molecule has 2 N–H and O–H groups in total. The van der Waals surface area contributed by atoms with E-state index < -0.39 is 5.60 Å². The maximum Gasteiger partial charge on any atom is 0.0924 e. The molecule has 2 aromatic rings.